The van der Waals surface area contributed by atoms with Gasteiger partial charge in [-0.25, -0.2) is 0 Å². The maximum atomic E-state index is 9.96. The summed E-state index contributed by atoms with van der Waals surface area (Å²) in [5, 5.41) is 77.0. The molecular formula is C12H22O10. The summed E-state index contributed by atoms with van der Waals surface area (Å²) in [6, 6.07) is 0. The van der Waals surface area contributed by atoms with Gasteiger partial charge in [-0.3, -0.25) is 0 Å². The topological polar surface area (TPSA) is 180 Å². The van der Waals surface area contributed by atoms with E-state index < -0.39 is 61.4 Å². The Bertz CT molecular complexity index is 358. The van der Waals surface area contributed by atoms with Gasteiger partial charge in [-0.15, -0.1) is 0 Å². The number of aliphatic hydroxyl groups excluding tert-OH is 6. The first-order chi connectivity index (χ1) is 10.2. The summed E-state index contributed by atoms with van der Waals surface area (Å²) in [5.41, 5.74) is 0. The maximum absolute atomic E-state index is 9.96. The Morgan fingerprint density at radius 1 is 0.727 bits per heavy atom. The smallest absolute Gasteiger partial charge is 0.218 e. The van der Waals surface area contributed by atoms with Gasteiger partial charge < -0.3 is 50.3 Å². The van der Waals surface area contributed by atoms with Crippen molar-refractivity contribution in [1.82, 2.24) is 0 Å². The van der Waals surface area contributed by atoms with Crippen LogP contribution in [0.2, 0.25) is 0 Å². The van der Waals surface area contributed by atoms with Crippen LogP contribution in [0.3, 0.4) is 0 Å². The van der Waals surface area contributed by atoms with E-state index in [9.17, 15) is 30.6 Å². The third-order valence-corrected chi connectivity index (χ3v) is 4.18. The van der Waals surface area contributed by atoms with Gasteiger partial charge in [0.15, 0.2) is 0 Å². The highest BCUT2D eigenvalue weighted by Gasteiger charge is 2.54. The Labute approximate surface area is 125 Å². The molecule has 10 nitrogen and oxygen atoms in total. The van der Waals surface area contributed by atoms with Crippen LogP contribution in [0.15, 0.2) is 0 Å². The fourth-order valence-electron chi connectivity index (χ4n) is 2.81. The Hall–Kier alpha value is -0.400. The normalized spacial score (nSPS) is 53.5. The van der Waals surface area contributed by atoms with Gasteiger partial charge in [-0.2, -0.15) is 0 Å². The first-order valence-corrected chi connectivity index (χ1v) is 6.91. The molecule has 0 aromatic heterocycles. The number of rotatable bonds is 3. The van der Waals surface area contributed by atoms with E-state index in [0.29, 0.717) is 0 Å². The predicted molar refractivity (Wildman–Crippen MR) is 67.1 cm³/mol. The maximum Gasteiger partial charge on any atom is 0.218 e. The van der Waals surface area contributed by atoms with Crippen molar-refractivity contribution >= 4 is 0 Å². The van der Waals surface area contributed by atoms with E-state index in [0.717, 1.165) is 0 Å². The second-order valence-corrected chi connectivity index (χ2v) is 5.81. The fraction of sp³-hybridized carbons (Fsp3) is 1.00. The van der Waals surface area contributed by atoms with Crippen LogP contribution in [0.4, 0.5) is 0 Å². The quantitative estimate of drug-likeness (QED) is 0.251. The number of ether oxygens (including phenoxy) is 2. The van der Waals surface area contributed by atoms with Gasteiger partial charge in [0.05, 0.1) is 37.6 Å². The third-order valence-electron chi connectivity index (χ3n) is 4.18. The summed E-state index contributed by atoms with van der Waals surface area (Å²) < 4.78 is 10.3. The monoisotopic (exact) mass is 326 g/mol. The summed E-state index contributed by atoms with van der Waals surface area (Å²) in [5.74, 6) is -4.85. The SMILES string of the molecule is OC[C@@]1(O)O[C@@H]([C@@H]2C[C@@H](O)[C@H](O)[C@](O)(CO)O2)C[C@@H](O)[C@@H]1O. The fourth-order valence-corrected chi connectivity index (χ4v) is 2.81. The molecule has 2 aliphatic heterocycles. The van der Waals surface area contributed by atoms with Crippen LogP contribution < -0.4 is 0 Å². The number of hydrogen-bond donors (Lipinski definition) is 8. The molecule has 0 bridgehead atoms. The molecule has 0 unspecified atom stereocenters. The molecule has 10 heteroatoms. The van der Waals surface area contributed by atoms with Gasteiger partial charge in [-0.1, -0.05) is 0 Å². The highest BCUT2D eigenvalue weighted by molar-refractivity contribution is 4.97. The molecule has 0 radical (unpaired) electrons. The van der Waals surface area contributed by atoms with Crippen LogP contribution >= 0.6 is 0 Å². The van der Waals surface area contributed by atoms with E-state index in [-0.39, 0.29) is 12.8 Å². The zero-order valence-corrected chi connectivity index (χ0v) is 11.7. The van der Waals surface area contributed by atoms with E-state index >= 15 is 0 Å². The molecule has 0 spiro atoms. The molecule has 8 atom stereocenters. The van der Waals surface area contributed by atoms with Crippen LogP contribution in [-0.4, -0.2) is 102 Å². The number of hydrogen-bond acceptors (Lipinski definition) is 10. The summed E-state index contributed by atoms with van der Waals surface area (Å²) in [7, 11) is 0. The third kappa shape index (κ3) is 2.99. The van der Waals surface area contributed by atoms with Crippen molar-refractivity contribution in [2.24, 2.45) is 0 Å². The number of aliphatic hydroxyl groups is 8. The van der Waals surface area contributed by atoms with Crippen molar-refractivity contribution in [1.29, 1.82) is 0 Å². The standard InChI is InChI=1S/C12H22O10/c13-3-11(19)9(17)5(15)1-7(21-11)8-2-6(16)10(18)12(20,4-14)22-8/h5-10,13-20H,1-4H2/t5-,6-,7-,8+,9+,10+,11-,12+/m1/s1. The van der Waals surface area contributed by atoms with Crippen molar-refractivity contribution in [2.75, 3.05) is 13.2 Å². The highest BCUT2D eigenvalue weighted by Crippen LogP contribution is 2.36. The zero-order chi connectivity index (χ0) is 16.7. The van der Waals surface area contributed by atoms with Gasteiger partial charge >= 0.3 is 0 Å². The molecule has 2 heterocycles. The van der Waals surface area contributed by atoms with Gasteiger partial charge in [-0.05, 0) is 0 Å². The van der Waals surface area contributed by atoms with Gasteiger partial charge in [0.2, 0.25) is 11.6 Å². The zero-order valence-electron chi connectivity index (χ0n) is 11.7. The van der Waals surface area contributed by atoms with Gasteiger partial charge in [0, 0.05) is 12.8 Å². The molecule has 2 saturated heterocycles. The van der Waals surface area contributed by atoms with Crippen LogP contribution in [0.25, 0.3) is 0 Å². The molecule has 2 rings (SSSR count). The van der Waals surface area contributed by atoms with Crippen molar-refractivity contribution in [2.45, 2.75) is 61.0 Å². The Kier molecular flexibility index (Phi) is 5.09. The lowest BCUT2D eigenvalue weighted by Gasteiger charge is -2.49. The largest absolute Gasteiger partial charge is 0.391 e. The molecule has 0 aromatic carbocycles. The molecule has 0 saturated carbocycles. The van der Waals surface area contributed by atoms with Gasteiger partial charge in [0.1, 0.15) is 12.2 Å². The lowest BCUT2D eigenvalue weighted by molar-refractivity contribution is -0.382. The predicted octanol–water partition coefficient (Wildman–Crippen LogP) is -4.63. The molecular weight excluding hydrogens is 304 g/mol. The Morgan fingerprint density at radius 3 is 1.32 bits per heavy atom. The van der Waals surface area contributed by atoms with Crippen LogP contribution in [-0.2, 0) is 9.47 Å². The average molecular weight is 326 g/mol. The minimum atomic E-state index is -2.43. The lowest BCUT2D eigenvalue weighted by Crippen LogP contribution is -2.66. The van der Waals surface area contributed by atoms with Crippen molar-refractivity contribution in [3.8, 4) is 0 Å². The highest BCUT2D eigenvalue weighted by atomic mass is 16.7. The van der Waals surface area contributed by atoms with E-state index in [1.807, 2.05) is 0 Å². The minimum absolute atomic E-state index is 0.210. The summed E-state index contributed by atoms with van der Waals surface area (Å²) >= 11 is 0. The lowest BCUT2D eigenvalue weighted by atomic mass is 9.87. The molecule has 8 N–H and O–H groups in total. The molecule has 0 aromatic rings. The van der Waals surface area contributed by atoms with E-state index in [4.69, 9.17) is 19.7 Å². The van der Waals surface area contributed by atoms with E-state index in [1.165, 1.54) is 0 Å². The molecule has 2 aliphatic rings. The summed E-state index contributed by atoms with van der Waals surface area (Å²) in [4.78, 5) is 0. The Balaban J connectivity index is 2.17. The van der Waals surface area contributed by atoms with Crippen LogP contribution in [0, 0.1) is 0 Å². The van der Waals surface area contributed by atoms with Crippen molar-refractivity contribution in [3.05, 3.63) is 0 Å². The first kappa shape index (κ1) is 17.9. The summed E-state index contributed by atoms with van der Waals surface area (Å²) in [6.45, 7) is -1.99. The second kappa shape index (κ2) is 6.24. The first-order valence-electron chi connectivity index (χ1n) is 6.91. The molecule has 22 heavy (non-hydrogen) atoms. The molecule has 0 aliphatic carbocycles. The average Bonchev–Trinajstić information content (AvgIpc) is 2.49. The molecule has 0 amide bonds. The molecule has 130 valence electrons. The van der Waals surface area contributed by atoms with Crippen LogP contribution in [0.1, 0.15) is 12.8 Å². The summed E-state index contributed by atoms with van der Waals surface area (Å²) in [6.07, 6.45) is -8.99. The second-order valence-electron chi connectivity index (χ2n) is 5.81. The van der Waals surface area contributed by atoms with E-state index in [1.54, 1.807) is 0 Å². The van der Waals surface area contributed by atoms with E-state index in [2.05, 4.69) is 0 Å². The Morgan fingerprint density at radius 2 is 1.05 bits per heavy atom. The van der Waals surface area contributed by atoms with Crippen LogP contribution in [0.5, 0.6) is 0 Å². The van der Waals surface area contributed by atoms with Gasteiger partial charge in [0.25, 0.3) is 0 Å². The van der Waals surface area contributed by atoms with Crippen molar-refractivity contribution in [3.63, 3.8) is 0 Å². The van der Waals surface area contributed by atoms with Crippen molar-refractivity contribution < 1.29 is 50.3 Å². The molecule has 2 fully saturated rings. The minimum Gasteiger partial charge on any atom is -0.391 e.